The molecule has 0 radical (unpaired) electrons. The largest absolute Gasteiger partial charge is 0.490 e. The molecule has 31 heavy (non-hydrogen) atoms. The van der Waals surface area contributed by atoms with Gasteiger partial charge in [0.2, 0.25) is 5.88 Å². The molecule has 0 aromatic carbocycles. The summed E-state index contributed by atoms with van der Waals surface area (Å²) in [5, 5.41) is 7.12. The molecule has 0 bridgehead atoms. The maximum Gasteiger partial charge on any atom is 0.490 e. The Bertz CT molecular complexity index is 885. The second-order valence-electron chi connectivity index (χ2n) is 6.70. The highest BCUT2D eigenvalue weighted by atomic mass is 19.4. The topological polar surface area (TPSA) is 115 Å². The number of likely N-dealkylation sites (tertiary alicyclic amines) is 1. The lowest BCUT2D eigenvalue weighted by Crippen LogP contribution is -2.56. The molecule has 2 fully saturated rings. The van der Waals surface area contributed by atoms with Crippen molar-refractivity contribution in [2.75, 3.05) is 13.2 Å². The van der Waals surface area contributed by atoms with E-state index in [1.807, 2.05) is 23.1 Å². The monoisotopic (exact) mass is 440 g/mol. The molecule has 12 heteroatoms. The molecular formula is C19H19F3N4O5. The summed E-state index contributed by atoms with van der Waals surface area (Å²) in [6, 6.07) is 7.23. The number of carboxylic acid groups (broad SMARTS) is 1. The second-order valence-corrected chi connectivity index (χ2v) is 6.70. The van der Waals surface area contributed by atoms with Crippen molar-refractivity contribution in [3.63, 3.8) is 0 Å². The maximum atomic E-state index is 12.7. The molecule has 2 aromatic rings. The van der Waals surface area contributed by atoms with Gasteiger partial charge in [0, 0.05) is 38.0 Å². The number of aromatic nitrogens is 3. The van der Waals surface area contributed by atoms with E-state index >= 15 is 0 Å². The van der Waals surface area contributed by atoms with Crippen LogP contribution in [0.25, 0.3) is 0 Å². The SMILES string of the molecule is O=C(O)C(F)(F)F.O=C(c1ccncn1)N1CC[C@@H](Oc2ccccn2)[C@H]2OCC[C@@H]21. The number of fused-ring (bicyclic) bond motifs is 1. The quantitative estimate of drug-likeness (QED) is 0.770. The Labute approximate surface area is 174 Å². The van der Waals surface area contributed by atoms with Gasteiger partial charge in [-0.3, -0.25) is 4.79 Å². The zero-order chi connectivity index (χ0) is 22.4. The van der Waals surface area contributed by atoms with Crippen molar-refractivity contribution in [1.29, 1.82) is 0 Å². The summed E-state index contributed by atoms with van der Waals surface area (Å²) in [6.07, 6.45) is 0.884. The summed E-state index contributed by atoms with van der Waals surface area (Å²) in [5.74, 6) is -2.24. The molecule has 9 nitrogen and oxygen atoms in total. The summed E-state index contributed by atoms with van der Waals surface area (Å²) < 4.78 is 43.6. The number of nitrogens with zero attached hydrogens (tertiary/aromatic N) is 4. The Kier molecular flexibility index (Phi) is 7.00. The van der Waals surface area contributed by atoms with E-state index in [1.165, 1.54) is 6.33 Å². The minimum absolute atomic E-state index is 0.00919. The van der Waals surface area contributed by atoms with Crippen molar-refractivity contribution in [2.45, 2.75) is 37.3 Å². The summed E-state index contributed by atoms with van der Waals surface area (Å²) in [5.41, 5.74) is 0.416. The zero-order valence-corrected chi connectivity index (χ0v) is 16.1. The van der Waals surface area contributed by atoms with Gasteiger partial charge in [0.15, 0.2) is 0 Å². The molecule has 2 aliphatic heterocycles. The van der Waals surface area contributed by atoms with Crippen LogP contribution >= 0.6 is 0 Å². The van der Waals surface area contributed by atoms with Crippen LogP contribution in [0.15, 0.2) is 43.0 Å². The molecule has 4 rings (SSSR count). The van der Waals surface area contributed by atoms with Gasteiger partial charge in [-0.25, -0.2) is 19.7 Å². The molecule has 0 unspecified atom stereocenters. The van der Waals surface area contributed by atoms with Crippen LogP contribution in [-0.2, 0) is 9.53 Å². The molecule has 1 N–H and O–H groups in total. The van der Waals surface area contributed by atoms with Crippen LogP contribution < -0.4 is 4.74 Å². The summed E-state index contributed by atoms with van der Waals surface area (Å²) in [4.78, 5) is 35.6. The first-order chi connectivity index (χ1) is 14.8. The van der Waals surface area contributed by atoms with Crippen molar-refractivity contribution < 1.29 is 37.3 Å². The number of carbonyl (C=O) groups excluding carboxylic acids is 1. The molecule has 4 heterocycles. The number of pyridine rings is 1. The Morgan fingerprint density at radius 3 is 2.55 bits per heavy atom. The third-order valence-corrected chi connectivity index (χ3v) is 4.74. The first-order valence-electron chi connectivity index (χ1n) is 9.33. The average molecular weight is 440 g/mol. The van der Waals surface area contributed by atoms with Crippen molar-refractivity contribution >= 4 is 11.9 Å². The lowest BCUT2D eigenvalue weighted by Gasteiger charge is -2.40. The fourth-order valence-corrected chi connectivity index (χ4v) is 3.40. The van der Waals surface area contributed by atoms with E-state index in [0.29, 0.717) is 31.1 Å². The predicted molar refractivity (Wildman–Crippen MR) is 98.2 cm³/mol. The van der Waals surface area contributed by atoms with Gasteiger partial charge in [0.25, 0.3) is 5.91 Å². The van der Waals surface area contributed by atoms with E-state index in [2.05, 4.69) is 15.0 Å². The molecule has 2 aromatic heterocycles. The molecular weight excluding hydrogens is 421 g/mol. The van der Waals surface area contributed by atoms with Gasteiger partial charge in [-0.15, -0.1) is 0 Å². The van der Waals surface area contributed by atoms with Crippen LogP contribution in [0.3, 0.4) is 0 Å². The number of piperidine rings is 1. The fraction of sp³-hybridized carbons (Fsp3) is 0.421. The fourth-order valence-electron chi connectivity index (χ4n) is 3.40. The van der Waals surface area contributed by atoms with Crippen LogP contribution in [-0.4, -0.2) is 74.4 Å². The number of hydrogen-bond acceptors (Lipinski definition) is 7. The Hall–Kier alpha value is -3.28. The molecule has 1 amide bonds. The molecule has 166 valence electrons. The van der Waals surface area contributed by atoms with Gasteiger partial charge >= 0.3 is 12.1 Å². The highest BCUT2D eigenvalue weighted by Crippen LogP contribution is 2.31. The third kappa shape index (κ3) is 5.66. The third-order valence-electron chi connectivity index (χ3n) is 4.74. The number of alkyl halides is 3. The number of carboxylic acids is 1. The second kappa shape index (κ2) is 9.69. The number of amides is 1. The van der Waals surface area contributed by atoms with Crippen LogP contribution in [0, 0.1) is 0 Å². The van der Waals surface area contributed by atoms with Crippen LogP contribution in [0.4, 0.5) is 13.2 Å². The normalized spacial score (nSPS) is 22.7. The van der Waals surface area contributed by atoms with Crippen molar-refractivity contribution in [3.8, 4) is 5.88 Å². The van der Waals surface area contributed by atoms with E-state index < -0.39 is 12.1 Å². The van der Waals surface area contributed by atoms with E-state index in [-0.39, 0.29) is 24.2 Å². The summed E-state index contributed by atoms with van der Waals surface area (Å²) >= 11 is 0. The number of aliphatic carboxylic acids is 1. The minimum Gasteiger partial charge on any atom is -0.475 e. The first-order valence-corrected chi connectivity index (χ1v) is 9.33. The zero-order valence-electron chi connectivity index (χ0n) is 16.1. The van der Waals surface area contributed by atoms with Crippen LogP contribution in [0.2, 0.25) is 0 Å². The van der Waals surface area contributed by atoms with Crippen molar-refractivity contribution in [2.24, 2.45) is 0 Å². The van der Waals surface area contributed by atoms with Gasteiger partial charge < -0.3 is 19.5 Å². The van der Waals surface area contributed by atoms with E-state index in [0.717, 1.165) is 6.42 Å². The standard InChI is InChI=1S/C17H18N4O3.C2HF3O2/c22-17(12-4-8-18-11-20-12)21-9-5-14(16-13(21)6-10-23-16)24-15-3-1-2-7-19-15;3-2(4,5)1(6)7/h1-4,7-8,11,13-14,16H,5-6,9-10H2;(H,6,7)/t13-,14+,16-;/m0./s1. The first kappa shape index (κ1) is 22.4. The van der Waals surface area contributed by atoms with Crippen LogP contribution in [0.1, 0.15) is 23.3 Å². The molecule has 0 saturated carbocycles. The lowest BCUT2D eigenvalue weighted by atomic mass is 9.95. The van der Waals surface area contributed by atoms with Gasteiger partial charge in [0.1, 0.15) is 24.2 Å². The maximum absolute atomic E-state index is 12.7. The predicted octanol–water partition coefficient (Wildman–Crippen LogP) is 1.96. The Morgan fingerprint density at radius 1 is 1.16 bits per heavy atom. The van der Waals surface area contributed by atoms with Crippen molar-refractivity contribution in [3.05, 3.63) is 48.7 Å². The van der Waals surface area contributed by atoms with Gasteiger partial charge in [-0.1, -0.05) is 6.07 Å². The van der Waals surface area contributed by atoms with Gasteiger partial charge in [0.05, 0.1) is 6.04 Å². The van der Waals surface area contributed by atoms with Gasteiger partial charge in [-0.2, -0.15) is 13.2 Å². The van der Waals surface area contributed by atoms with Crippen molar-refractivity contribution in [1.82, 2.24) is 19.9 Å². The lowest BCUT2D eigenvalue weighted by molar-refractivity contribution is -0.192. The number of rotatable bonds is 3. The van der Waals surface area contributed by atoms with E-state index in [4.69, 9.17) is 19.4 Å². The number of hydrogen-bond donors (Lipinski definition) is 1. The number of carbonyl (C=O) groups is 2. The molecule has 0 spiro atoms. The Morgan fingerprint density at radius 2 is 1.94 bits per heavy atom. The summed E-state index contributed by atoms with van der Waals surface area (Å²) in [7, 11) is 0. The molecule has 0 aliphatic carbocycles. The highest BCUT2D eigenvalue weighted by Gasteiger charge is 2.45. The number of ether oxygens (including phenoxy) is 2. The minimum atomic E-state index is -5.08. The highest BCUT2D eigenvalue weighted by molar-refractivity contribution is 5.92. The Balaban J connectivity index is 0.000000339. The molecule has 2 aliphatic rings. The average Bonchev–Trinajstić information content (AvgIpc) is 3.25. The smallest absolute Gasteiger partial charge is 0.475 e. The van der Waals surface area contributed by atoms with Gasteiger partial charge in [-0.05, 0) is 18.6 Å². The van der Waals surface area contributed by atoms with E-state index in [9.17, 15) is 18.0 Å². The molecule has 2 saturated heterocycles. The summed E-state index contributed by atoms with van der Waals surface area (Å²) in [6.45, 7) is 1.25. The number of halogens is 3. The van der Waals surface area contributed by atoms with E-state index in [1.54, 1.807) is 18.5 Å². The molecule has 3 atom stereocenters. The van der Waals surface area contributed by atoms with Crippen LogP contribution in [0.5, 0.6) is 5.88 Å².